The number of hydrogen-bond acceptors (Lipinski definition) is 5. The first-order valence-electron chi connectivity index (χ1n) is 6.50. The normalized spacial score (nSPS) is 17.8. The van der Waals surface area contributed by atoms with Crippen molar-refractivity contribution in [1.29, 1.82) is 0 Å². The van der Waals surface area contributed by atoms with E-state index in [2.05, 4.69) is 0 Å². The SMILES string of the molecule is NCC1CCN(S(=O)(=O)c2ccc(F)cc2[N+](=O)[O-])CC1. The van der Waals surface area contributed by atoms with Crippen LogP contribution in [-0.4, -0.2) is 37.3 Å². The van der Waals surface area contributed by atoms with Crippen LogP contribution in [0.2, 0.25) is 0 Å². The molecule has 1 aliphatic heterocycles. The maximum absolute atomic E-state index is 13.1. The maximum atomic E-state index is 13.1. The van der Waals surface area contributed by atoms with E-state index >= 15 is 0 Å². The lowest BCUT2D eigenvalue weighted by Gasteiger charge is -2.30. The van der Waals surface area contributed by atoms with Crippen LogP contribution in [0, 0.1) is 21.8 Å². The summed E-state index contributed by atoms with van der Waals surface area (Å²) < 4.78 is 39.3. The summed E-state index contributed by atoms with van der Waals surface area (Å²) in [5.41, 5.74) is 4.81. The number of rotatable bonds is 4. The highest BCUT2D eigenvalue weighted by atomic mass is 32.2. The van der Waals surface area contributed by atoms with Crippen LogP contribution in [0.3, 0.4) is 0 Å². The van der Waals surface area contributed by atoms with Gasteiger partial charge in [-0.3, -0.25) is 10.1 Å². The quantitative estimate of drug-likeness (QED) is 0.661. The van der Waals surface area contributed by atoms with Crippen molar-refractivity contribution in [2.24, 2.45) is 11.7 Å². The predicted octanol–water partition coefficient (Wildman–Crippen LogP) is 1.09. The molecular weight excluding hydrogens is 301 g/mol. The van der Waals surface area contributed by atoms with Crippen LogP contribution in [0.1, 0.15) is 12.8 Å². The molecule has 0 radical (unpaired) electrons. The summed E-state index contributed by atoms with van der Waals surface area (Å²) >= 11 is 0. The second-order valence-corrected chi connectivity index (χ2v) is 6.86. The van der Waals surface area contributed by atoms with Crippen LogP contribution in [-0.2, 0) is 10.0 Å². The Balaban J connectivity index is 2.34. The van der Waals surface area contributed by atoms with Gasteiger partial charge in [0.25, 0.3) is 5.69 Å². The molecule has 0 saturated carbocycles. The molecule has 0 aliphatic carbocycles. The van der Waals surface area contributed by atoms with E-state index < -0.39 is 31.3 Å². The number of piperidine rings is 1. The van der Waals surface area contributed by atoms with Gasteiger partial charge in [0.05, 0.1) is 11.0 Å². The molecule has 2 rings (SSSR count). The van der Waals surface area contributed by atoms with Gasteiger partial charge in [-0.05, 0) is 37.4 Å². The molecule has 1 fully saturated rings. The minimum atomic E-state index is -4.00. The van der Waals surface area contributed by atoms with Crippen molar-refractivity contribution in [2.45, 2.75) is 17.7 Å². The molecule has 0 amide bonds. The highest BCUT2D eigenvalue weighted by molar-refractivity contribution is 7.89. The zero-order valence-corrected chi connectivity index (χ0v) is 12.1. The molecule has 1 aromatic carbocycles. The number of sulfonamides is 1. The van der Waals surface area contributed by atoms with Crippen LogP contribution in [0.4, 0.5) is 10.1 Å². The van der Waals surface area contributed by atoms with Crippen molar-refractivity contribution in [2.75, 3.05) is 19.6 Å². The third kappa shape index (κ3) is 3.20. The molecule has 1 aromatic rings. The first-order valence-corrected chi connectivity index (χ1v) is 7.94. The zero-order chi connectivity index (χ0) is 15.6. The van der Waals surface area contributed by atoms with Crippen molar-refractivity contribution in [3.63, 3.8) is 0 Å². The van der Waals surface area contributed by atoms with E-state index in [0.29, 0.717) is 25.5 Å². The van der Waals surface area contributed by atoms with E-state index in [1.54, 1.807) is 0 Å². The van der Waals surface area contributed by atoms with Gasteiger partial charge in [0, 0.05) is 13.1 Å². The maximum Gasteiger partial charge on any atom is 0.292 e. The summed E-state index contributed by atoms with van der Waals surface area (Å²) in [6.45, 7) is 1.02. The fourth-order valence-electron chi connectivity index (χ4n) is 2.38. The standard InChI is InChI=1S/C12H16FN3O4S/c13-10-1-2-12(11(7-10)16(17)18)21(19,20)15-5-3-9(8-14)4-6-15/h1-2,7,9H,3-6,8,14H2. The molecule has 0 atom stereocenters. The lowest BCUT2D eigenvalue weighted by Crippen LogP contribution is -2.40. The van der Waals surface area contributed by atoms with Gasteiger partial charge in [-0.1, -0.05) is 0 Å². The summed E-state index contributed by atoms with van der Waals surface area (Å²) in [4.78, 5) is 9.58. The highest BCUT2D eigenvalue weighted by Gasteiger charge is 2.34. The average molecular weight is 317 g/mol. The van der Waals surface area contributed by atoms with E-state index in [9.17, 15) is 22.9 Å². The molecule has 1 heterocycles. The highest BCUT2D eigenvalue weighted by Crippen LogP contribution is 2.29. The summed E-state index contributed by atoms with van der Waals surface area (Å²) in [6.07, 6.45) is 1.23. The number of nitro groups is 1. The summed E-state index contributed by atoms with van der Waals surface area (Å²) in [5.74, 6) is -0.581. The molecule has 21 heavy (non-hydrogen) atoms. The van der Waals surface area contributed by atoms with Crippen LogP contribution in [0.15, 0.2) is 23.1 Å². The van der Waals surface area contributed by atoms with Gasteiger partial charge in [0.2, 0.25) is 10.0 Å². The number of halogens is 1. The first-order chi connectivity index (χ1) is 9.86. The van der Waals surface area contributed by atoms with E-state index in [1.807, 2.05) is 0 Å². The Morgan fingerprint density at radius 3 is 2.52 bits per heavy atom. The van der Waals surface area contributed by atoms with Crippen LogP contribution in [0.25, 0.3) is 0 Å². The largest absolute Gasteiger partial charge is 0.330 e. The van der Waals surface area contributed by atoms with Gasteiger partial charge < -0.3 is 5.73 Å². The Bertz CT molecular complexity index is 642. The van der Waals surface area contributed by atoms with Gasteiger partial charge in [0.1, 0.15) is 5.82 Å². The van der Waals surface area contributed by atoms with Crippen LogP contribution < -0.4 is 5.73 Å². The van der Waals surface area contributed by atoms with Crippen molar-refractivity contribution in [1.82, 2.24) is 4.31 Å². The summed E-state index contributed by atoms with van der Waals surface area (Å²) in [7, 11) is -4.00. The Kier molecular flexibility index (Phi) is 4.55. The Labute approximate surface area is 121 Å². The number of nitrogens with two attached hydrogens (primary N) is 1. The molecule has 0 aromatic heterocycles. The Morgan fingerprint density at radius 2 is 2.00 bits per heavy atom. The molecule has 7 nitrogen and oxygen atoms in total. The fourth-order valence-corrected chi connectivity index (χ4v) is 3.98. The second-order valence-electron chi connectivity index (χ2n) is 4.95. The minimum absolute atomic E-state index is 0.263. The van der Waals surface area contributed by atoms with Crippen LogP contribution >= 0.6 is 0 Å². The van der Waals surface area contributed by atoms with E-state index in [4.69, 9.17) is 5.73 Å². The fraction of sp³-hybridized carbons (Fsp3) is 0.500. The molecule has 116 valence electrons. The molecule has 1 aliphatic rings. The molecule has 0 spiro atoms. The number of benzene rings is 1. The number of hydrogen-bond donors (Lipinski definition) is 1. The van der Waals surface area contributed by atoms with E-state index in [0.717, 1.165) is 12.1 Å². The smallest absolute Gasteiger partial charge is 0.292 e. The Hall–Kier alpha value is -1.58. The Morgan fingerprint density at radius 1 is 1.38 bits per heavy atom. The molecule has 1 saturated heterocycles. The number of nitro benzene ring substituents is 1. The number of nitrogens with zero attached hydrogens (tertiary/aromatic N) is 2. The van der Waals surface area contributed by atoms with E-state index in [-0.39, 0.29) is 19.0 Å². The zero-order valence-electron chi connectivity index (χ0n) is 11.2. The monoisotopic (exact) mass is 317 g/mol. The van der Waals surface area contributed by atoms with Gasteiger partial charge in [-0.2, -0.15) is 4.31 Å². The average Bonchev–Trinajstić information content (AvgIpc) is 2.47. The third-order valence-electron chi connectivity index (χ3n) is 3.64. The molecule has 0 unspecified atom stereocenters. The third-order valence-corrected chi connectivity index (χ3v) is 5.59. The molecule has 9 heteroatoms. The van der Waals surface area contributed by atoms with Gasteiger partial charge in [-0.15, -0.1) is 0 Å². The lowest BCUT2D eigenvalue weighted by atomic mass is 9.99. The van der Waals surface area contributed by atoms with E-state index in [1.165, 1.54) is 4.31 Å². The minimum Gasteiger partial charge on any atom is -0.330 e. The topological polar surface area (TPSA) is 107 Å². The molecular formula is C12H16FN3O4S. The predicted molar refractivity (Wildman–Crippen MR) is 73.6 cm³/mol. The first kappa shape index (κ1) is 15.8. The van der Waals surface area contributed by atoms with Crippen molar-refractivity contribution >= 4 is 15.7 Å². The summed E-state index contributed by atoms with van der Waals surface area (Å²) in [6, 6.07) is 2.48. The van der Waals surface area contributed by atoms with Crippen LogP contribution in [0.5, 0.6) is 0 Å². The van der Waals surface area contributed by atoms with Gasteiger partial charge in [0.15, 0.2) is 4.90 Å². The second kappa shape index (κ2) is 6.04. The van der Waals surface area contributed by atoms with Gasteiger partial charge in [-0.25, -0.2) is 12.8 Å². The van der Waals surface area contributed by atoms with Crippen molar-refractivity contribution < 1.29 is 17.7 Å². The molecule has 0 bridgehead atoms. The van der Waals surface area contributed by atoms with Gasteiger partial charge >= 0.3 is 0 Å². The van der Waals surface area contributed by atoms with Crippen molar-refractivity contribution in [3.05, 3.63) is 34.1 Å². The summed E-state index contributed by atoms with van der Waals surface area (Å²) in [5, 5.41) is 10.9. The molecule has 2 N–H and O–H groups in total. The lowest BCUT2D eigenvalue weighted by molar-refractivity contribution is -0.388. The van der Waals surface area contributed by atoms with Crippen molar-refractivity contribution in [3.8, 4) is 0 Å².